The highest BCUT2D eigenvalue weighted by atomic mass is 16.6. The van der Waals surface area contributed by atoms with Crippen LogP contribution in [0.25, 0.3) is 0 Å². The van der Waals surface area contributed by atoms with Gasteiger partial charge in [0.15, 0.2) is 0 Å². The summed E-state index contributed by atoms with van der Waals surface area (Å²) < 4.78 is 12.4. The lowest BCUT2D eigenvalue weighted by atomic mass is 9.43. The molecule has 11 atom stereocenters. The third kappa shape index (κ3) is 4.09. The number of ether oxygens (including phenoxy) is 2. The van der Waals surface area contributed by atoms with Crippen LogP contribution in [0.1, 0.15) is 86.0 Å². The largest absolute Gasteiger partial charge is 0.445 e. The molecule has 0 aromatic rings. The number of nitrogens with one attached hydrogen (secondary N) is 1. The summed E-state index contributed by atoms with van der Waals surface area (Å²) >= 11 is 0. The van der Waals surface area contributed by atoms with Gasteiger partial charge in [-0.1, -0.05) is 41.0 Å². The van der Waals surface area contributed by atoms with Crippen LogP contribution < -0.4 is 5.32 Å². The summed E-state index contributed by atoms with van der Waals surface area (Å²) in [6.07, 6.45) is 6.04. The number of piperidine rings is 1. The van der Waals surface area contributed by atoms with Crippen LogP contribution in [0, 0.1) is 45.8 Å². The molecule has 0 aromatic heterocycles. The Kier molecular flexibility index (Phi) is 7.05. The molecule has 2 heterocycles. The van der Waals surface area contributed by atoms with Crippen molar-refractivity contribution in [3.63, 3.8) is 0 Å². The Morgan fingerprint density at radius 1 is 1.11 bits per heavy atom. The first-order valence-electron chi connectivity index (χ1n) is 14.8. The Balaban J connectivity index is 1.48. The molecule has 2 saturated heterocycles. The molecule has 3 saturated carbocycles. The fourth-order valence-corrected chi connectivity index (χ4v) is 9.87. The summed E-state index contributed by atoms with van der Waals surface area (Å²) in [7, 11) is 1.78. The quantitative estimate of drug-likeness (QED) is 0.564. The van der Waals surface area contributed by atoms with Crippen molar-refractivity contribution in [2.45, 2.75) is 98.2 Å². The minimum atomic E-state index is -0.649. The average Bonchev–Trinajstić information content (AvgIpc) is 3.59. The first kappa shape index (κ1) is 27.1. The van der Waals surface area contributed by atoms with E-state index in [1.807, 2.05) is 0 Å². The van der Waals surface area contributed by atoms with E-state index in [1.165, 1.54) is 0 Å². The van der Waals surface area contributed by atoms with E-state index in [-0.39, 0.29) is 40.6 Å². The van der Waals surface area contributed by atoms with Gasteiger partial charge in [-0.05, 0) is 68.7 Å². The number of imide groups is 1. The Labute approximate surface area is 222 Å². The van der Waals surface area contributed by atoms with Crippen molar-refractivity contribution in [2.75, 3.05) is 26.7 Å². The molecule has 0 spiro atoms. The second-order valence-electron chi connectivity index (χ2n) is 13.7. The number of ketones is 1. The molecular formula is C30H48N2O5. The number of amides is 2. The average molecular weight is 517 g/mol. The fraction of sp³-hybridized carbons (Fsp3) is 0.900. The van der Waals surface area contributed by atoms with Crippen molar-refractivity contribution in [1.82, 2.24) is 10.2 Å². The lowest BCUT2D eigenvalue weighted by molar-refractivity contribution is -0.192. The summed E-state index contributed by atoms with van der Waals surface area (Å²) in [4.78, 5) is 43.0. The maximum absolute atomic E-state index is 14.2. The zero-order chi connectivity index (χ0) is 26.8. The van der Waals surface area contributed by atoms with Crippen LogP contribution in [0.5, 0.6) is 0 Å². The van der Waals surface area contributed by atoms with Crippen LogP contribution in [0.4, 0.5) is 4.79 Å². The molecule has 3 aliphatic carbocycles. The van der Waals surface area contributed by atoms with Gasteiger partial charge in [0.05, 0.1) is 12.0 Å². The van der Waals surface area contributed by atoms with Gasteiger partial charge in [0, 0.05) is 42.9 Å². The molecule has 5 fully saturated rings. The zero-order valence-electron chi connectivity index (χ0n) is 23.8. The smallest absolute Gasteiger partial charge is 0.414 e. The minimum absolute atomic E-state index is 0.0393. The van der Waals surface area contributed by atoms with E-state index >= 15 is 0 Å². The number of carbonyl (C=O) groups excluding carboxylic acids is 3. The molecule has 0 aromatic carbocycles. The first-order valence-corrected chi connectivity index (χ1v) is 14.8. The normalized spacial score (nSPS) is 48.8. The monoisotopic (exact) mass is 516 g/mol. The summed E-state index contributed by atoms with van der Waals surface area (Å²) in [5, 5.41) is 2.62. The number of fused-ring (bicyclic) bond motifs is 2. The van der Waals surface area contributed by atoms with Crippen molar-refractivity contribution in [3.05, 3.63) is 0 Å². The van der Waals surface area contributed by atoms with Crippen molar-refractivity contribution in [1.29, 1.82) is 0 Å². The predicted molar refractivity (Wildman–Crippen MR) is 141 cm³/mol. The number of Topliss-reactive ketones (excluding diaryl/α,β-unsaturated/α-hetero) is 1. The number of alkyl carbamates (subject to hydrolysis) is 1. The number of carbonyl (C=O) groups is 3. The van der Waals surface area contributed by atoms with Crippen LogP contribution in [-0.4, -0.2) is 61.6 Å². The van der Waals surface area contributed by atoms with Crippen LogP contribution in [0.15, 0.2) is 0 Å². The third-order valence-corrected chi connectivity index (χ3v) is 12.1. The lowest BCUT2D eigenvalue weighted by Crippen LogP contribution is -2.63. The fourth-order valence-electron chi connectivity index (χ4n) is 9.87. The van der Waals surface area contributed by atoms with Crippen molar-refractivity contribution >= 4 is 17.8 Å². The molecule has 3 unspecified atom stereocenters. The number of nitrogens with zero attached hydrogens (tertiary/aromatic N) is 1. The van der Waals surface area contributed by atoms with E-state index < -0.39 is 17.6 Å². The molecular weight excluding hydrogens is 468 g/mol. The van der Waals surface area contributed by atoms with E-state index in [2.05, 4.69) is 44.8 Å². The minimum Gasteiger partial charge on any atom is -0.445 e. The second-order valence-corrected chi connectivity index (χ2v) is 13.7. The second kappa shape index (κ2) is 9.62. The van der Waals surface area contributed by atoms with Gasteiger partial charge in [0.1, 0.15) is 11.9 Å². The highest BCUT2D eigenvalue weighted by Gasteiger charge is 2.68. The predicted octanol–water partition coefficient (Wildman–Crippen LogP) is 4.82. The maximum Gasteiger partial charge on any atom is 0.414 e. The van der Waals surface area contributed by atoms with Crippen LogP contribution in [-0.2, 0) is 19.1 Å². The SMILES string of the molecule is CCC[C@]1(C)C[C@@H](OC(=O)NC(=O)[C@H]2CN3CC[C@H]2C3)[C@@]2(C)C3[C@H](OC)CCC3(CC[C@H]2C)[C@@H](C)C1=O. The van der Waals surface area contributed by atoms with Gasteiger partial charge in [0.25, 0.3) is 0 Å². The molecule has 7 nitrogen and oxygen atoms in total. The van der Waals surface area contributed by atoms with Crippen molar-refractivity contribution in [2.24, 2.45) is 45.8 Å². The van der Waals surface area contributed by atoms with Crippen LogP contribution in [0.3, 0.4) is 0 Å². The van der Waals surface area contributed by atoms with Gasteiger partial charge in [-0.15, -0.1) is 0 Å². The third-order valence-electron chi connectivity index (χ3n) is 12.1. The Bertz CT molecular complexity index is 939. The Hall–Kier alpha value is -1.47. The Morgan fingerprint density at radius 3 is 2.46 bits per heavy atom. The molecule has 5 aliphatic rings. The molecule has 7 heteroatoms. The van der Waals surface area contributed by atoms with Crippen molar-refractivity contribution < 1.29 is 23.9 Å². The molecule has 208 valence electrons. The summed E-state index contributed by atoms with van der Waals surface area (Å²) in [6, 6.07) is 0. The molecule has 2 amide bonds. The van der Waals surface area contributed by atoms with E-state index in [9.17, 15) is 14.4 Å². The maximum atomic E-state index is 14.2. The zero-order valence-corrected chi connectivity index (χ0v) is 23.8. The highest BCUT2D eigenvalue weighted by Crippen LogP contribution is 2.69. The van der Waals surface area contributed by atoms with Gasteiger partial charge in [-0.25, -0.2) is 4.79 Å². The highest BCUT2D eigenvalue weighted by molar-refractivity contribution is 5.93. The van der Waals surface area contributed by atoms with Gasteiger partial charge in [0.2, 0.25) is 5.91 Å². The van der Waals surface area contributed by atoms with Crippen molar-refractivity contribution in [3.8, 4) is 0 Å². The van der Waals surface area contributed by atoms with E-state index in [4.69, 9.17) is 9.47 Å². The first-order chi connectivity index (χ1) is 17.5. The summed E-state index contributed by atoms with van der Waals surface area (Å²) in [5.74, 6) is 0.676. The number of methoxy groups -OCH3 is 1. The molecule has 5 rings (SSSR count). The number of hydrogen-bond acceptors (Lipinski definition) is 6. The van der Waals surface area contributed by atoms with E-state index in [0.29, 0.717) is 24.0 Å². The summed E-state index contributed by atoms with van der Waals surface area (Å²) in [6.45, 7) is 13.7. The summed E-state index contributed by atoms with van der Waals surface area (Å²) in [5.41, 5.74) is -1.06. The van der Waals surface area contributed by atoms with E-state index in [0.717, 1.165) is 64.6 Å². The van der Waals surface area contributed by atoms with Gasteiger partial charge in [-0.3, -0.25) is 14.9 Å². The van der Waals surface area contributed by atoms with Gasteiger partial charge < -0.3 is 14.4 Å². The number of rotatable bonds is 5. The van der Waals surface area contributed by atoms with Crippen LogP contribution in [0.2, 0.25) is 0 Å². The Morgan fingerprint density at radius 2 is 1.84 bits per heavy atom. The van der Waals surface area contributed by atoms with Gasteiger partial charge >= 0.3 is 6.09 Å². The lowest BCUT2D eigenvalue weighted by Gasteiger charge is -2.61. The number of hydrogen-bond donors (Lipinski definition) is 1. The molecule has 2 aliphatic heterocycles. The molecule has 1 N–H and O–H groups in total. The van der Waals surface area contributed by atoms with Gasteiger partial charge in [-0.2, -0.15) is 0 Å². The van der Waals surface area contributed by atoms with Crippen LogP contribution >= 0.6 is 0 Å². The standard InChI is InChI=1S/C30H48N2O5/c1-7-11-28(4)15-23(37-27(35)31-26(34)21-17-32-14-10-20(21)16-32)29(5)18(2)8-12-30(19(3)25(28)33)13-9-22(36-6)24(29)30/h18-24H,7-17H2,1-6H3,(H,31,34,35)/t18-,19+,20+,21+,22-,23-,24?,28-,29+,30?/m1/s1. The van der Waals surface area contributed by atoms with E-state index in [1.54, 1.807) is 7.11 Å². The topological polar surface area (TPSA) is 84.9 Å². The molecule has 0 radical (unpaired) electrons. The molecule has 37 heavy (non-hydrogen) atoms. The molecule has 4 bridgehead atoms.